The van der Waals surface area contributed by atoms with E-state index >= 15 is 0 Å². The van der Waals surface area contributed by atoms with Gasteiger partial charge in [-0.3, -0.25) is 0 Å². The van der Waals surface area contributed by atoms with E-state index in [0.29, 0.717) is 0 Å². The van der Waals surface area contributed by atoms with E-state index in [0.717, 1.165) is 51.9 Å². The van der Waals surface area contributed by atoms with Crippen molar-refractivity contribution in [1.82, 2.24) is 9.55 Å². The van der Waals surface area contributed by atoms with Gasteiger partial charge < -0.3 is 14.0 Å². The van der Waals surface area contributed by atoms with Gasteiger partial charge in [0.2, 0.25) is 0 Å². The summed E-state index contributed by atoms with van der Waals surface area (Å²) >= 11 is 0. The van der Waals surface area contributed by atoms with Crippen LogP contribution in [-0.2, 0) is 22.4 Å². The Hall–Kier alpha value is -1.65. The Kier molecular flexibility index (Phi) is 5.92. The van der Waals surface area contributed by atoms with E-state index in [1.807, 2.05) is 18.7 Å². The zero-order valence-corrected chi connectivity index (χ0v) is 15.5. The predicted octanol–water partition coefficient (Wildman–Crippen LogP) is 4.46. The van der Waals surface area contributed by atoms with Crippen LogP contribution < -0.4 is 0 Å². The van der Waals surface area contributed by atoms with E-state index in [2.05, 4.69) is 53.7 Å². The summed E-state index contributed by atoms with van der Waals surface area (Å²) < 4.78 is 15.0. The van der Waals surface area contributed by atoms with Gasteiger partial charge in [-0.05, 0) is 24.8 Å². The minimum atomic E-state index is -0.492. The Morgan fingerprint density at radius 1 is 1.04 bits per heavy atom. The maximum Gasteiger partial charge on any atom is 0.170 e. The van der Waals surface area contributed by atoms with Crippen LogP contribution in [0, 0.1) is 5.41 Å². The first-order chi connectivity index (χ1) is 12.2. The van der Waals surface area contributed by atoms with Crippen molar-refractivity contribution in [2.45, 2.75) is 58.3 Å². The highest BCUT2D eigenvalue weighted by Gasteiger charge is 2.42. The third-order valence-corrected chi connectivity index (χ3v) is 5.73. The third-order valence-electron chi connectivity index (χ3n) is 5.73. The standard InChI is InChI=1S/C21H30N2O2/c1-3-20(4-2)16-24-21(25-17-20,12-14-23-15-13-22-18-23)11-10-19-8-6-5-7-9-19/h5-9,13,15,18H,3-4,10-12,14,16-17H2,1-2H3. The highest BCUT2D eigenvalue weighted by molar-refractivity contribution is 5.15. The van der Waals surface area contributed by atoms with Crippen molar-refractivity contribution >= 4 is 0 Å². The lowest BCUT2D eigenvalue weighted by Gasteiger charge is -2.46. The first kappa shape index (κ1) is 18.2. The minimum absolute atomic E-state index is 0.172. The smallest absolute Gasteiger partial charge is 0.170 e. The van der Waals surface area contributed by atoms with E-state index < -0.39 is 5.79 Å². The zero-order valence-electron chi connectivity index (χ0n) is 15.5. The molecule has 0 saturated carbocycles. The summed E-state index contributed by atoms with van der Waals surface area (Å²) in [4.78, 5) is 4.13. The fourth-order valence-corrected chi connectivity index (χ4v) is 3.42. The van der Waals surface area contributed by atoms with Crippen LogP contribution in [0.2, 0.25) is 0 Å². The number of hydrogen-bond donors (Lipinski definition) is 0. The lowest BCUT2D eigenvalue weighted by Crippen LogP contribution is -2.50. The van der Waals surface area contributed by atoms with Gasteiger partial charge in [0.25, 0.3) is 0 Å². The van der Waals surface area contributed by atoms with Gasteiger partial charge in [0.05, 0.1) is 19.5 Å². The molecule has 2 heterocycles. The molecule has 3 rings (SSSR count). The lowest BCUT2D eigenvalue weighted by atomic mass is 9.82. The molecule has 1 fully saturated rings. The van der Waals surface area contributed by atoms with Gasteiger partial charge in [-0.25, -0.2) is 4.98 Å². The molecular weight excluding hydrogens is 312 g/mol. The Labute approximate surface area is 151 Å². The highest BCUT2D eigenvalue weighted by Crippen LogP contribution is 2.39. The van der Waals surface area contributed by atoms with Gasteiger partial charge in [0, 0.05) is 37.2 Å². The van der Waals surface area contributed by atoms with Crippen molar-refractivity contribution in [3.63, 3.8) is 0 Å². The molecule has 0 N–H and O–H groups in total. The molecule has 136 valence electrons. The SMILES string of the molecule is CCC1(CC)COC(CCc2ccccc2)(CCn2ccnc2)OC1. The van der Waals surface area contributed by atoms with Crippen molar-refractivity contribution in [3.05, 3.63) is 54.6 Å². The minimum Gasteiger partial charge on any atom is -0.349 e. The third kappa shape index (κ3) is 4.50. The Morgan fingerprint density at radius 3 is 2.36 bits per heavy atom. The van der Waals surface area contributed by atoms with Crippen LogP contribution in [0.5, 0.6) is 0 Å². The molecule has 1 aliphatic heterocycles. The maximum absolute atomic E-state index is 6.43. The number of rotatable bonds is 8. The van der Waals surface area contributed by atoms with Crippen LogP contribution in [0.15, 0.2) is 49.1 Å². The first-order valence-electron chi connectivity index (χ1n) is 9.47. The predicted molar refractivity (Wildman–Crippen MR) is 99.3 cm³/mol. The zero-order chi connectivity index (χ0) is 17.6. The van der Waals surface area contributed by atoms with Gasteiger partial charge in [-0.15, -0.1) is 0 Å². The van der Waals surface area contributed by atoms with Crippen LogP contribution in [0.4, 0.5) is 0 Å². The number of imidazole rings is 1. The second kappa shape index (κ2) is 8.15. The van der Waals surface area contributed by atoms with Gasteiger partial charge in [-0.1, -0.05) is 44.2 Å². The van der Waals surface area contributed by atoms with Crippen LogP contribution in [0.1, 0.15) is 45.1 Å². The summed E-state index contributed by atoms with van der Waals surface area (Å²) in [6.07, 6.45) is 10.6. The summed E-state index contributed by atoms with van der Waals surface area (Å²) in [5.41, 5.74) is 1.50. The number of nitrogens with zero attached hydrogens (tertiary/aromatic N) is 2. The number of ether oxygens (including phenoxy) is 2. The molecule has 4 nitrogen and oxygen atoms in total. The van der Waals surface area contributed by atoms with Gasteiger partial charge in [-0.2, -0.15) is 0 Å². The van der Waals surface area contributed by atoms with Crippen molar-refractivity contribution in [2.24, 2.45) is 5.41 Å². The highest BCUT2D eigenvalue weighted by atomic mass is 16.7. The molecule has 25 heavy (non-hydrogen) atoms. The fraction of sp³-hybridized carbons (Fsp3) is 0.571. The van der Waals surface area contributed by atoms with Crippen molar-refractivity contribution in [3.8, 4) is 0 Å². The Morgan fingerprint density at radius 2 is 1.76 bits per heavy atom. The van der Waals surface area contributed by atoms with Crippen molar-refractivity contribution in [2.75, 3.05) is 13.2 Å². The lowest BCUT2D eigenvalue weighted by molar-refractivity contribution is -0.311. The number of benzene rings is 1. The average Bonchev–Trinajstić information content (AvgIpc) is 3.20. The molecular formula is C21H30N2O2. The van der Waals surface area contributed by atoms with E-state index in [4.69, 9.17) is 9.47 Å². The second-order valence-corrected chi connectivity index (χ2v) is 7.23. The molecule has 0 unspecified atom stereocenters. The van der Waals surface area contributed by atoms with E-state index in [1.165, 1.54) is 5.56 Å². The van der Waals surface area contributed by atoms with Crippen LogP contribution in [0.25, 0.3) is 0 Å². The number of aromatic nitrogens is 2. The van der Waals surface area contributed by atoms with Gasteiger partial charge in [0.15, 0.2) is 5.79 Å². The molecule has 1 aromatic carbocycles. The number of aryl methyl sites for hydroxylation is 2. The maximum atomic E-state index is 6.43. The molecule has 4 heteroatoms. The van der Waals surface area contributed by atoms with E-state index in [9.17, 15) is 0 Å². The molecule has 0 atom stereocenters. The van der Waals surface area contributed by atoms with Gasteiger partial charge >= 0.3 is 0 Å². The quantitative estimate of drug-likeness (QED) is 0.711. The Bertz CT molecular complexity index is 611. The molecule has 0 amide bonds. The monoisotopic (exact) mass is 342 g/mol. The van der Waals surface area contributed by atoms with Gasteiger partial charge in [0.1, 0.15) is 0 Å². The topological polar surface area (TPSA) is 36.3 Å². The first-order valence-corrected chi connectivity index (χ1v) is 9.47. The second-order valence-electron chi connectivity index (χ2n) is 7.23. The summed E-state index contributed by atoms with van der Waals surface area (Å²) in [7, 11) is 0. The molecule has 1 aromatic heterocycles. The average molecular weight is 342 g/mol. The molecule has 0 bridgehead atoms. The summed E-state index contributed by atoms with van der Waals surface area (Å²) in [5.74, 6) is -0.492. The molecule has 2 aromatic rings. The molecule has 0 aliphatic carbocycles. The van der Waals surface area contributed by atoms with E-state index in [-0.39, 0.29) is 5.41 Å². The number of hydrogen-bond acceptors (Lipinski definition) is 3. The fourth-order valence-electron chi connectivity index (χ4n) is 3.42. The summed E-state index contributed by atoms with van der Waals surface area (Å²) in [6.45, 7) is 6.91. The van der Waals surface area contributed by atoms with Crippen LogP contribution in [-0.4, -0.2) is 28.6 Å². The van der Waals surface area contributed by atoms with Crippen LogP contribution in [0.3, 0.4) is 0 Å². The molecule has 1 aliphatic rings. The van der Waals surface area contributed by atoms with Crippen molar-refractivity contribution < 1.29 is 9.47 Å². The molecule has 0 radical (unpaired) electrons. The summed E-state index contributed by atoms with van der Waals surface area (Å²) in [6, 6.07) is 10.6. The molecule has 1 saturated heterocycles. The summed E-state index contributed by atoms with van der Waals surface area (Å²) in [5, 5.41) is 0. The largest absolute Gasteiger partial charge is 0.349 e. The van der Waals surface area contributed by atoms with Crippen LogP contribution >= 0.6 is 0 Å². The van der Waals surface area contributed by atoms with E-state index in [1.54, 1.807) is 0 Å². The van der Waals surface area contributed by atoms with Crippen molar-refractivity contribution in [1.29, 1.82) is 0 Å². The molecule has 0 spiro atoms. The Balaban J connectivity index is 1.67. The normalized spacial score (nSPS) is 19.0.